The molecule has 2 aliphatic rings. The molecule has 5 rings (SSSR count). The summed E-state index contributed by atoms with van der Waals surface area (Å²) >= 11 is 0. The number of hydrogen-bond acceptors (Lipinski definition) is 4. The van der Waals surface area contributed by atoms with Gasteiger partial charge in [0.15, 0.2) is 0 Å². The van der Waals surface area contributed by atoms with Gasteiger partial charge >= 0.3 is 0 Å². The first-order chi connectivity index (χ1) is 16.9. The van der Waals surface area contributed by atoms with Gasteiger partial charge in [0.1, 0.15) is 29.5 Å². The largest absolute Gasteiger partial charge is 0.508 e. The van der Waals surface area contributed by atoms with Crippen LogP contribution in [-0.2, 0) is 0 Å². The van der Waals surface area contributed by atoms with Gasteiger partial charge in [-0.25, -0.2) is 0 Å². The molecule has 1 N–H and O–H groups in total. The summed E-state index contributed by atoms with van der Waals surface area (Å²) in [4.78, 5) is 2.42. The van der Waals surface area contributed by atoms with Crippen molar-refractivity contribution in [1.29, 1.82) is 0 Å². The predicted octanol–water partition coefficient (Wildman–Crippen LogP) is 7.05. The van der Waals surface area contributed by atoms with Gasteiger partial charge < -0.3 is 14.6 Å². The van der Waals surface area contributed by atoms with Crippen LogP contribution in [0.15, 0.2) is 66.7 Å². The Bertz CT molecular complexity index is 1220. The molecular weight excluding hydrogens is 434 g/mol. The first kappa shape index (κ1) is 23.5. The Morgan fingerprint density at radius 2 is 1.74 bits per heavy atom. The van der Waals surface area contributed by atoms with Gasteiger partial charge in [-0.05, 0) is 72.3 Å². The molecule has 1 saturated heterocycles. The van der Waals surface area contributed by atoms with Gasteiger partial charge in [0.05, 0.1) is 0 Å². The third kappa shape index (κ3) is 4.68. The minimum absolute atomic E-state index is 0.211. The molecule has 1 fully saturated rings. The summed E-state index contributed by atoms with van der Waals surface area (Å²) in [5.41, 5.74) is 6.97. The lowest BCUT2D eigenvalue weighted by Crippen LogP contribution is -2.53. The SMILES string of the molecule is CCCN1CC(Oc2ccc(C3Oc4cc(O)ccc4C(C)=C3c3ccccc3C(C)C)cc2)C1. The standard InChI is InChI=1S/C31H35NO3/c1-5-16-32-18-25(19-32)34-24-13-10-22(11-14-24)31-30(28-9-7-6-8-26(28)20(2)3)21(4)27-15-12-23(33)17-29(27)35-31/h6-15,17,20,25,31,33H,5,16,18-19H2,1-4H3. The van der Waals surface area contributed by atoms with Gasteiger partial charge in [-0.2, -0.15) is 0 Å². The summed E-state index contributed by atoms with van der Waals surface area (Å²) in [5, 5.41) is 10.1. The molecule has 0 aliphatic carbocycles. The average Bonchev–Trinajstić information content (AvgIpc) is 2.83. The van der Waals surface area contributed by atoms with E-state index in [4.69, 9.17) is 9.47 Å². The van der Waals surface area contributed by atoms with Crippen LogP contribution in [0.3, 0.4) is 0 Å². The predicted molar refractivity (Wildman–Crippen MR) is 142 cm³/mol. The topological polar surface area (TPSA) is 41.9 Å². The number of hydrogen-bond donors (Lipinski definition) is 1. The van der Waals surface area contributed by atoms with Crippen molar-refractivity contribution < 1.29 is 14.6 Å². The van der Waals surface area contributed by atoms with Gasteiger partial charge in [0, 0.05) is 30.3 Å². The Kier molecular flexibility index (Phi) is 6.57. The van der Waals surface area contributed by atoms with Crippen LogP contribution in [0.2, 0.25) is 0 Å². The van der Waals surface area contributed by atoms with E-state index in [1.165, 1.54) is 28.7 Å². The highest BCUT2D eigenvalue weighted by atomic mass is 16.5. The molecule has 0 aromatic heterocycles. The molecule has 0 bridgehead atoms. The number of allylic oxidation sites excluding steroid dienone is 1. The normalized spacial score (nSPS) is 18.3. The number of ether oxygens (including phenoxy) is 2. The molecule has 4 heteroatoms. The Labute approximate surface area is 208 Å². The van der Waals surface area contributed by atoms with E-state index in [0.29, 0.717) is 11.7 Å². The molecule has 0 saturated carbocycles. The number of likely N-dealkylation sites (tertiary alicyclic amines) is 1. The van der Waals surface area contributed by atoms with Gasteiger partial charge in [0.2, 0.25) is 0 Å². The van der Waals surface area contributed by atoms with Crippen molar-refractivity contribution in [2.45, 2.75) is 52.2 Å². The average molecular weight is 470 g/mol. The van der Waals surface area contributed by atoms with E-state index in [9.17, 15) is 5.11 Å². The summed E-state index contributed by atoms with van der Waals surface area (Å²) in [6, 6.07) is 22.3. The second kappa shape index (κ2) is 9.79. The second-order valence-electron chi connectivity index (χ2n) is 10.0. The first-order valence-corrected chi connectivity index (χ1v) is 12.7. The first-order valence-electron chi connectivity index (χ1n) is 12.7. The van der Waals surface area contributed by atoms with Crippen molar-refractivity contribution in [3.63, 3.8) is 0 Å². The molecule has 1 atom stereocenters. The van der Waals surface area contributed by atoms with Crippen LogP contribution in [0.4, 0.5) is 0 Å². The van der Waals surface area contributed by atoms with E-state index >= 15 is 0 Å². The zero-order chi connectivity index (χ0) is 24.5. The lowest BCUT2D eigenvalue weighted by atomic mass is 9.82. The number of phenols is 1. The molecule has 3 aromatic carbocycles. The fourth-order valence-electron chi connectivity index (χ4n) is 5.28. The van der Waals surface area contributed by atoms with Crippen molar-refractivity contribution >= 4 is 11.1 Å². The molecule has 0 spiro atoms. The van der Waals surface area contributed by atoms with E-state index in [-0.39, 0.29) is 18.0 Å². The number of nitrogens with zero attached hydrogens (tertiary/aromatic N) is 1. The van der Waals surface area contributed by atoms with Crippen molar-refractivity contribution in [2.24, 2.45) is 0 Å². The maximum Gasteiger partial charge on any atom is 0.150 e. The Morgan fingerprint density at radius 1 is 1.00 bits per heavy atom. The molecule has 0 amide bonds. The van der Waals surface area contributed by atoms with Crippen LogP contribution in [0.25, 0.3) is 11.1 Å². The van der Waals surface area contributed by atoms with E-state index < -0.39 is 0 Å². The van der Waals surface area contributed by atoms with Gasteiger partial charge in [-0.15, -0.1) is 0 Å². The fraction of sp³-hybridized carbons (Fsp3) is 0.355. The van der Waals surface area contributed by atoms with E-state index in [1.54, 1.807) is 12.1 Å². The van der Waals surface area contributed by atoms with Crippen LogP contribution < -0.4 is 9.47 Å². The Morgan fingerprint density at radius 3 is 2.46 bits per heavy atom. The monoisotopic (exact) mass is 469 g/mol. The molecular formula is C31H35NO3. The van der Waals surface area contributed by atoms with Crippen molar-refractivity contribution in [2.75, 3.05) is 19.6 Å². The highest BCUT2D eigenvalue weighted by Gasteiger charge is 2.31. The van der Waals surface area contributed by atoms with Crippen LogP contribution >= 0.6 is 0 Å². The maximum atomic E-state index is 10.1. The second-order valence-corrected chi connectivity index (χ2v) is 10.0. The molecule has 4 nitrogen and oxygen atoms in total. The number of phenolic OH excluding ortho intramolecular Hbond substituents is 1. The summed E-state index contributed by atoms with van der Waals surface area (Å²) in [5.74, 6) is 2.21. The number of benzene rings is 3. The lowest BCUT2D eigenvalue weighted by Gasteiger charge is -2.38. The molecule has 3 aromatic rings. The molecule has 2 aliphatic heterocycles. The molecule has 2 heterocycles. The van der Waals surface area contributed by atoms with Crippen LogP contribution in [0.1, 0.15) is 68.4 Å². The van der Waals surface area contributed by atoms with Gasteiger partial charge in [-0.3, -0.25) is 4.90 Å². The van der Waals surface area contributed by atoms with Crippen LogP contribution in [-0.4, -0.2) is 35.7 Å². The smallest absolute Gasteiger partial charge is 0.150 e. The third-order valence-electron chi connectivity index (χ3n) is 7.10. The van der Waals surface area contributed by atoms with Crippen molar-refractivity contribution in [3.8, 4) is 17.2 Å². The summed E-state index contributed by atoms with van der Waals surface area (Å²) in [6.07, 6.45) is 1.17. The summed E-state index contributed by atoms with van der Waals surface area (Å²) < 4.78 is 12.8. The molecule has 1 unspecified atom stereocenters. The van der Waals surface area contributed by atoms with Crippen LogP contribution in [0.5, 0.6) is 17.2 Å². The Hall–Kier alpha value is -3.24. The van der Waals surface area contributed by atoms with E-state index in [1.807, 2.05) is 6.07 Å². The zero-order valence-electron chi connectivity index (χ0n) is 21.1. The van der Waals surface area contributed by atoms with Crippen molar-refractivity contribution in [1.82, 2.24) is 4.90 Å². The molecule has 182 valence electrons. The molecule has 0 radical (unpaired) electrons. The summed E-state index contributed by atoms with van der Waals surface area (Å²) in [6.45, 7) is 12.0. The van der Waals surface area contributed by atoms with E-state index in [2.05, 4.69) is 81.1 Å². The fourth-order valence-corrected chi connectivity index (χ4v) is 5.28. The summed E-state index contributed by atoms with van der Waals surface area (Å²) in [7, 11) is 0. The number of rotatable bonds is 7. The maximum absolute atomic E-state index is 10.1. The number of fused-ring (bicyclic) bond motifs is 1. The quantitative estimate of drug-likeness (QED) is 0.402. The third-order valence-corrected chi connectivity index (χ3v) is 7.10. The molecule has 35 heavy (non-hydrogen) atoms. The van der Waals surface area contributed by atoms with E-state index in [0.717, 1.165) is 36.5 Å². The Balaban J connectivity index is 1.49. The highest BCUT2D eigenvalue weighted by molar-refractivity contribution is 5.96. The van der Waals surface area contributed by atoms with Crippen molar-refractivity contribution in [3.05, 3.63) is 89.0 Å². The highest BCUT2D eigenvalue weighted by Crippen LogP contribution is 2.48. The zero-order valence-corrected chi connectivity index (χ0v) is 21.1. The van der Waals surface area contributed by atoms with Gasteiger partial charge in [0.25, 0.3) is 0 Å². The minimum atomic E-state index is -0.276. The van der Waals surface area contributed by atoms with Crippen LogP contribution in [0, 0.1) is 0 Å². The minimum Gasteiger partial charge on any atom is -0.508 e. The van der Waals surface area contributed by atoms with Gasteiger partial charge in [-0.1, -0.05) is 57.2 Å². The lowest BCUT2D eigenvalue weighted by molar-refractivity contribution is 0.0202. The number of aromatic hydroxyl groups is 1.